The molecule has 0 bridgehead atoms. The number of rotatable bonds is 5. The molecule has 0 unspecified atom stereocenters. The summed E-state index contributed by atoms with van der Waals surface area (Å²) in [6, 6.07) is 3.28. The van der Waals surface area contributed by atoms with Gasteiger partial charge in [-0.15, -0.1) is 0 Å². The van der Waals surface area contributed by atoms with Gasteiger partial charge in [-0.1, -0.05) is 0 Å². The maximum Gasteiger partial charge on any atom is 0.267 e. The van der Waals surface area contributed by atoms with Gasteiger partial charge in [-0.25, -0.2) is 0 Å². The molecule has 0 saturated carbocycles. The largest absolute Gasteiger partial charge is 0.384 e. The van der Waals surface area contributed by atoms with Gasteiger partial charge in [0.15, 0.2) is 0 Å². The lowest BCUT2D eigenvalue weighted by Gasteiger charge is -2.20. The third kappa shape index (κ3) is 5.85. The zero-order valence-corrected chi connectivity index (χ0v) is 11.5. The van der Waals surface area contributed by atoms with Gasteiger partial charge in [0, 0.05) is 30.4 Å². The summed E-state index contributed by atoms with van der Waals surface area (Å²) in [4.78, 5) is 26.4. The normalized spacial score (nSPS) is 10.9. The predicted molar refractivity (Wildman–Crippen MR) is 73.8 cm³/mol. The van der Waals surface area contributed by atoms with Gasteiger partial charge in [-0.3, -0.25) is 14.6 Å². The molecule has 19 heavy (non-hydrogen) atoms. The Morgan fingerprint density at radius 3 is 2.63 bits per heavy atom. The highest BCUT2D eigenvalue weighted by Gasteiger charge is 2.13. The lowest BCUT2D eigenvalue weighted by atomic mass is 10.1. The lowest BCUT2D eigenvalue weighted by Crippen LogP contribution is -2.41. The fraction of sp³-hybridized carbons (Fsp3) is 0.462. The van der Waals surface area contributed by atoms with E-state index in [1.54, 1.807) is 12.1 Å². The van der Waals surface area contributed by atoms with E-state index >= 15 is 0 Å². The van der Waals surface area contributed by atoms with Crippen LogP contribution in [0.3, 0.4) is 0 Å². The van der Waals surface area contributed by atoms with E-state index in [-0.39, 0.29) is 17.1 Å². The molecule has 1 aromatic heterocycles. The van der Waals surface area contributed by atoms with Crippen molar-refractivity contribution in [3.63, 3.8) is 0 Å². The van der Waals surface area contributed by atoms with Crippen LogP contribution >= 0.6 is 0 Å². The number of nitrogens with two attached hydrogens (primary N) is 1. The molecule has 0 aliphatic heterocycles. The summed E-state index contributed by atoms with van der Waals surface area (Å²) in [6.07, 6.45) is 1.85. The number of hydrogen-bond acceptors (Lipinski definition) is 4. The zero-order valence-electron chi connectivity index (χ0n) is 11.5. The number of amides is 2. The first-order valence-electron chi connectivity index (χ1n) is 6.09. The summed E-state index contributed by atoms with van der Waals surface area (Å²) in [5.74, 6) is -0.599. The monoisotopic (exact) mass is 264 g/mol. The first-order chi connectivity index (χ1) is 8.78. The Bertz CT molecular complexity index is 466. The number of anilines is 1. The average molecular weight is 264 g/mol. The fourth-order valence-electron chi connectivity index (χ4n) is 1.48. The smallest absolute Gasteiger partial charge is 0.267 e. The van der Waals surface area contributed by atoms with E-state index in [1.807, 2.05) is 20.8 Å². The highest BCUT2D eigenvalue weighted by molar-refractivity contribution is 5.91. The molecule has 0 saturated heterocycles. The number of nitrogens with zero attached hydrogens (tertiary/aromatic N) is 1. The summed E-state index contributed by atoms with van der Waals surface area (Å²) in [7, 11) is 0. The molecule has 0 atom stereocenters. The number of nitrogens with one attached hydrogen (secondary N) is 2. The molecule has 0 fully saturated rings. The minimum Gasteiger partial charge on any atom is -0.384 e. The van der Waals surface area contributed by atoms with Gasteiger partial charge in [0.2, 0.25) is 5.91 Å². The van der Waals surface area contributed by atoms with Crippen LogP contribution in [0, 0.1) is 0 Å². The molecule has 6 heteroatoms. The van der Waals surface area contributed by atoms with Gasteiger partial charge >= 0.3 is 0 Å². The molecule has 2 amide bonds. The average Bonchev–Trinajstić information content (AvgIpc) is 2.27. The maximum absolute atomic E-state index is 11.6. The zero-order chi connectivity index (χ0) is 14.5. The standard InChI is InChI=1S/C13H20N4O2/c1-13(2,3)17-11(18)5-7-15-9-4-6-16-10(8-9)12(14)19/h4,6,8H,5,7H2,1-3H3,(H2,14,19)(H,15,16)(H,17,18). The second kappa shape index (κ2) is 6.17. The second-order valence-electron chi connectivity index (χ2n) is 5.27. The SMILES string of the molecule is CC(C)(C)NC(=O)CCNc1ccnc(C(N)=O)c1. The van der Waals surface area contributed by atoms with Crippen LogP contribution in [0.4, 0.5) is 5.69 Å². The first-order valence-corrected chi connectivity index (χ1v) is 6.09. The number of pyridine rings is 1. The van der Waals surface area contributed by atoms with Crippen molar-refractivity contribution in [2.45, 2.75) is 32.7 Å². The van der Waals surface area contributed by atoms with Gasteiger partial charge in [0.25, 0.3) is 5.91 Å². The molecule has 4 N–H and O–H groups in total. The van der Waals surface area contributed by atoms with Crippen LogP contribution in [-0.4, -0.2) is 28.9 Å². The second-order valence-corrected chi connectivity index (χ2v) is 5.27. The van der Waals surface area contributed by atoms with Crippen molar-refractivity contribution < 1.29 is 9.59 Å². The van der Waals surface area contributed by atoms with Gasteiger partial charge < -0.3 is 16.4 Å². The Kier molecular flexibility index (Phi) is 4.86. The first kappa shape index (κ1) is 14.9. The molecule has 0 aromatic carbocycles. The molecule has 0 aliphatic carbocycles. The van der Waals surface area contributed by atoms with Crippen LogP contribution in [0.2, 0.25) is 0 Å². The Hall–Kier alpha value is -2.11. The third-order valence-electron chi connectivity index (χ3n) is 2.21. The summed E-state index contributed by atoms with van der Waals surface area (Å²) >= 11 is 0. The molecule has 1 rings (SSSR count). The molecule has 0 radical (unpaired) electrons. The van der Waals surface area contributed by atoms with Crippen LogP contribution < -0.4 is 16.4 Å². The third-order valence-corrected chi connectivity index (χ3v) is 2.21. The van der Waals surface area contributed by atoms with Crippen molar-refractivity contribution in [1.82, 2.24) is 10.3 Å². The number of carbonyl (C=O) groups excluding carboxylic acids is 2. The molecule has 0 spiro atoms. The minimum atomic E-state index is -0.575. The summed E-state index contributed by atoms with van der Waals surface area (Å²) in [6.45, 7) is 6.27. The van der Waals surface area contributed by atoms with E-state index in [2.05, 4.69) is 15.6 Å². The quantitative estimate of drug-likeness (QED) is 0.736. The van der Waals surface area contributed by atoms with Crippen molar-refractivity contribution >= 4 is 17.5 Å². The van der Waals surface area contributed by atoms with Gasteiger partial charge in [0.1, 0.15) is 5.69 Å². The predicted octanol–water partition coefficient (Wildman–Crippen LogP) is 0.897. The summed E-state index contributed by atoms with van der Waals surface area (Å²) in [5, 5.41) is 5.92. The van der Waals surface area contributed by atoms with Crippen molar-refractivity contribution in [1.29, 1.82) is 0 Å². The van der Waals surface area contributed by atoms with Gasteiger partial charge in [-0.2, -0.15) is 0 Å². The highest BCUT2D eigenvalue weighted by atomic mass is 16.2. The molecule has 1 heterocycles. The van der Waals surface area contributed by atoms with Crippen molar-refractivity contribution in [2.24, 2.45) is 5.73 Å². The van der Waals surface area contributed by atoms with Crippen LogP contribution in [-0.2, 0) is 4.79 Å². The van der Waals surface area contributed by atoms with Crippen molar-refractivity contribution in [2.75, 3.05) is 11.9 Å². The molecular formula is C13H20N4O2. The lowest BCUT2D eigenvalue weighted by molar-refractivity contribution is -0.122. The topological polar surface area (TPSA) is 97.1 Å². The van der Waals surface area contributed by atoms with Crippen LogP contribution in [0.5, 0.6) is 0 Å². The molecule has 6 nitrogen and oxygen atoms in total. The number of aromatic nitrogens is 1. The van der Waals surface area contributed by atoms with Gasteiger partial charge in [0.05, 0.1) is 0 Å². The van der Waals surface area contributed by atoms with Crippen LogP contribution in [0.15, 0.2) is 18.3 Å². The minimum absolute atomic E-state index is 0.0239. The summed E-state index contributed by atoms with van der Waals surface area (Å²) < 4.78 is 0. The Morgan fingerprint density at radius 1 is 1.37 bits per heavy atom. The maximum atomic E-state index is 11.6. The van der Waals surface area contributed by atoms with Crippen molar-refractivity contribution in [3.8, 4) is 0 Å². The van der Waals surface area contributed by atoms with Crippen molar-refractivity contribution in [3.05, 3.63) is 24.0 Å². The van der Waals surface area contributed by atoms with E-state index in [9.17, 15) is 9.59 Å². The van der Waals surface area contributed by atoms with E-state index in [0.29, 0.717) is 18.7 Å². The number of hydrogen-bond donors (Lipinski definition) is 3. The van der Waals surface area contributed by atoms with E-state index in [4.69, 9.17) is 5.73 Å². The van der Waals surface area contributed by atoms with Crippen LogP contribution in [0.1, 0.15) is 37.7 Å². The summed E-state index contributed by atoms with van der Waals surface area (Å²) in [5.41, 5.74) is 5.82. The Labute approximate surface area is 112 Å². The Morgan fingerprint density at radius 2 is 2.05 bits per heavy atom. The van der Waals surface area contributed by atoms with E-state index in [1.165, 1.54) is 6.20 Å². The molecule has 104 valence electrons. The van der Waals surface area contributed by atoms with Gasteiger partial charge in [-0.05, 0) is 32.9 Å². The fourth-order valence-corrected chi connectivity index (χ4v) is 1.48. The number of carbonyl (C=O) groups is 2. The molecule has 1 aromatic rings. The molecular weight excluding hydrogens is 244 g/mol. The van der Waals surface area contributed by atoms with Crippen LogP contribution in [0.25, 0.3) is 0 Å². The highest BCUT2D eigenvalue weighted by Crippen LogP contribution is 2.07. The number of primary amides is 1. The molecule has 0 aliphatic rings. The van der Waals surface area contributed by atoms with E-state index in [0.717, 1.165) is 0 Å². The van der Waals surface area contributed by atoms with E-state index < -0.39 is 5.91 Å². The Balaban J connectivity index is 2.43.